The molecule has 0 radical (unpaired) electrons. The van der Waals surface area contributed by atoms with E-state index in [9.17, 15) is 9.18 Å². The second kappa shape index (κ2) is 7.39. The van der Waals surface area contributed by atoms with E-state index in [2.05, 4.69) is 10.2 Å². The number of nitrogens with zero attached hydrogens (tertiary/aromatic N) is 3. The fourth-order valence-corrected chi connectivity index (χ4v) is 3.10. The number of aromatic nitrogens is 2. The third kappa shape index (κ3) is 4.00. The summed E-state index contributed by atoms with van der Waals surface area (Å²) in [6.07, 6.45) is 3.11. The number of esters is 1. The van der Waals surface area contributed by atoms with Gasteiger partial charge in [0.05, 0.1) is 22.9 Å². The first kappa shape index (κ1) is 17.0. The SMILES string of the molecule is Cc1ccc(C2CCC(C(=O)Oc3ccc(C#N)c(F)c3)CC2)nn1. The molecule has 0 N–H and O–H groups in total. The van der Waals surface area contributed by atoms with Gasteiger partial charge in [-0.1, -0.05) is 0 Å². The lowest BCUT2D eigenvalue weighted by Crippen LogP contribution is -2.25. The number of aryl methyl sites for hydroxylation is 1. The first-order valence-electron chi connectivity index (χ1n) is 8.28. The molecule has 0 saturated heterocycles. The summed E-state index contributed by atoms with van der Waals surface area (Å²) in [5, 5.41) is 17.0. The highest BCUT2D eigenvalue weighted by molar-refractivity contribution is 5.75. The van der Waals surface area contributed by atoms with Crippen LogP contribution in [0.15, 0.2) is 30.3 Å². The van der Waals surface area contributed by atoms with Gasteiger partial charge in [-0.2, -0.15) is 15.5 Å². The maximum absolute atomic E-state index is 13.6. The van der Waals surface area contributed by atoms with Gasteiger partial charge in [-0.15, -0.1) is 0 Å². The largest absolute Gasteiger partial charge is 0.426 e. The van der Waals surface area contributed by atoms with Gasteiger partial charge in [0.15, 0.2) is 0 Å². The number of ether oxygens (including phenoxy) is 1. The van der Waals surface area contributed by atoms with Crippen LogP contribution in [-0.2, 0) is 4.79 Å². The average molecular weight is 339 g/mol. The highest BCUT2D eigenvalue weighted by atomic mass is 19.1. The first-order valence-corrected chi connectivity index (χ1v) is 8.28. The number of halogens is 1. The van der Waals surface area contributed by atoms with E-state index in [1.807, 2.05) is 19.1 Å². The van der Waals surface area contributed by atoms with Crippen molar-refractivity contribution in [1.29, 1.82) is 5.26 Å². The van der Waals surface area contributed by atoms with Crippen LogP contribution < -0.4 is 4.74 Å². The van der Waals surface area contributed by atoms with Gasteiger partial charge < -0.3 is 4.74 Å². The van der Waals surface area contributed by atoms with Crippen LogP contribution in [0.2, 0.25) is 0 Å². The van der Waals surface area contributed by atoms with Crippen molar-refractivity contribution < 1.29 is 13.9 Å². The smallest absolute Gasteiger partial charge is 0.314 e. The summed E-state index contributed by atoms with van der Waals surface area (Å²) >= 11 is 0. The lowest BCUT2D eigenvalue weighted by atomic mass is 9.80. The normalized spacial score (nSPS) is 19.9. The molecule has 6 heteroatoms. The van der Waals surface area contributed by atoms with Gasteiger partial charge in [-0.3, -0.25) is 4.79 Å². The van der Waals surface area contributed by atoms with Crippen LogP contribution in [0, 0.1) is 30.0 Å². The number of hydrogen-bond donors (Lipinski definition) is 0. The minimum absolute atomic E-state index is 0.0699. The van der Waals surface area contributed by atoms with Crippen molar-refractivity contribution in [2.24, 2.45) is 5.92 Å². The first-order chi connectivity index (χ1) is 12.1. The standard InChI is InChI=1S/C19H18FN3O2/c1-12-2-9-18(23-22-12)13-3-5-14(6-4-13)19(24)25-16-8-7-15(11-21)17(20)10-16/h2,7-10,13-14H,3-6H2,1H3. The van der Waals surface area contributed by atoms with Crippen molar-refractivity contribution >= 4 is 5.97 Å². The molecule has 0 bridgehead atoms. The Morgan fingerprint density at radius 3 is 2.56 bits per heavy atom. The number of benzene rings is 1. The predicted octanol–water partition coefficient (Wildman–Crippen LogP) is 3.68. The summed E-state index contributed by atoms with van der Waals surface area (Å²) in [4.78, 5) is 12.3. The second-order valence-corrected chi connectivity index (χ2v) is 6.32. The minimum Gasteiger partial charge on any atom is -0.426 e. The number of nitriles is 1. The maximum Gasteiger partial charge on any atom is 0.314 e. The van der Waals surface area contributed by atoms with E-state index in [1.165, 1.54) is 12.1 Å². The highest BCUT2D eigenvalue weighted by Gasteiger charge is 2.29. The lowest BCUT2D eigenvalue weighted by molar-refractivity contribution is -0.140. The molecular formula is C19H18FN3O2. The fourth-order valence-electron chi connectivity index (χ4n) is 3.10. The zero-order valence-corrected chi connectivity index (χ0v) is 13.9. The van der Waals surface area contributed by atoms with Crippen molar-refractivity contribution in [3.63, 3.8) is 0 Å². The molecule has 128 valence electrons. The molecule has 0 amide bonds. The second-order valence-electron chi connectivity index (χ2n) is 6.32. The Morgan fingerprint density at radius 2 is 1.96 bits per heavy atom. The zero-order valence-electron chi connectivity index (χ0n) is 13.9. The van der Waals surface area contributed by atoms with Gasteiger partial charge in [0.1, 0.15) is 17.6 Å². The summed E-state index contributed by atoms with van der Waals surface area (Å²) in [5.74, 6) is -0.794. The maximum atomic E-state index is 13.6. The summed E-state index contributed by atoms with van der Waals surface area (Å²) in [6, 6.07) is 9.50. The van der Waals surface area contributed by atoms with Crippen molar-refractivity contribution in [2.75, 3.05) is 0 Å². The molecule has 2 aromatic rings. The molecule has 1 saturated carbocycles. The van der Waals surface area contributed by atoms with E-state index in [0.29, 0.717) is 18.8 Å². The molecule has 3 rings (SSSR count). The third-order valence-corrected chi connectivity index (χ3v) is 4.58. The molecular weight excluding hydrogens is 321 g/mol. The molecule has 1 fully saturated rings. The van der Waals surface area contributed by atoms with E-state index in [1.54, 1.807) is 6.07 Å². The molecule has 0 unspecified atom stereocenters. The molecule has 1 heterocycles. The van der Waals surface area contributed by atoms with Crippen molar-refractivity contribution in [2.45, 2.75) is 38.5 Å². The average Bonchev–Trinajstić information content (AvgIpc) is 2.63. The minimum atomic E-state index is -0.686. The van der Waals surface area contributed by atoms with Gasteiger partial charge >= 0.3 is 5.97 Å². The van der Waals surface area contributed by atoms with Crippen LogP contribution in [0.5, 0.6) is 5.75 Å². The van der Waals surface area contributed by atoms with Crippen LogP contribution in [-0.4, -0.2) is 16.2 Å². The van der Waals surface area contributed by atoms with Gasteiger partial charge in [-0.25, -0.2) is 4.39 Å². The van der Waals surface area contributed by atoms with E-state index < -0.39 is 5.82 Å². The van der Waals surface area contributed by atoms with Crippen molar-refractivity contribution in [1.82, 2.24) is 10.2 Å². The number of hydrogen-bond acceptors (Lipinski definition) is 5. The van der Waals surface area contributed by atoms with Crippen molar-refractivity contribution in [3.05, 3.63) is 53.1 Å². The van der Waals surface area contributed by atoms with E-state index in [0.717, 1.165) is 30.3 Å². The molecule has 1 aromatic carbocycles. The Balaban J connectivity index is 1.57. The third-order valence-electron chi connectivity index (χ3n) is 4.58. The Hall–Kier alpha value is -2.81. The topological polar surface area (TPSA) is 75.9 Å². The van der Waals surface area contributed by atoms with Crippen LogP contribution in [0.1, 0.15) is 48.6 Å². The van der Waals surface area contributed by atoms with Gasteiger partial charge in [0, 0.05) is 12.0 Å². The van der Waals surface area contributed by atoms with Gasteiger partial charge in [0.2, 0.25) is 0 Å². The summed E-state index contributed by atoms with van der Waals surface area (Å²) < 4.78 is 18.9. The Labute approximate surface area is 145 Å². The van der Waals surface area contributed by atoms with Crippen LogP contribution in [0.4, 0.5) is 4.39 Å². The molecule has 1 aliphatic carbocycles. The Kier molecular flexibility index (Phi) is 5.03. The summed E-state index contributed by atoms with van der Waals surface area (Å²) in [7, 11) is 0. The summed E-state index contributed by atoms with van der Waals surface area (Å²) in [5.41, 5.74) is 1.78. The number of carbonyl (C=O) groups excluding carboxylic acids is 1. The monoisotopic (exact) mass is 339 g/mol. The van der Waals surface area contributed by atoms with E-state index in [4.69, 9.17) is 10.00 Å². The van der Waals surface area contributed by atoms with Crippen LogP contribution in [0.3, 0.4) is 0 Å². The molecule has 0 aliphatic heterocycles. The van der Waals surface area contributed by atoms with Crippen LogP contribution >= 0.6 is 0 Å². The highest BCUT2D eigenvalue weighted by Crippen LogP contribution is 2.35. The molecule has 25 heavy (non-hydrogen) atoms. The van der Waals surface area contributed by atoms with Gasteiger partial charge in [0.25, 0.3) is 0 Å². The van der Waals surface area contributed by atoms with Crippen molar-refractivity contribution in [3.8, 4) is 11.8 Å². The van der Waals surface area contributed by atoms with E-state index in [-0.39, 0.29) is 23.2 Å². The number of rotatable bonds is 3. The molecule has 1 aliphatic rings. The lowest BCUT2D eigenvalue weighted by Gasteiger charge is -2.26. The Bertz CT molecular complexity index is 806. The predicted molar refractivity (Wildman–Crippen MR) is 88.2 cm³/mol. The van der Waals surface area contributed by atoms with Crippen LogP contribution in [0.25, 0.3) is 0 Å². The molecule has 0 atom stereocenters. The molecule has 0 spiro atoms. The van der Waals surface area contributed by atoms with E-state index >= 15 is 0 Å². The van der Waals surface area contributed by atoms with Gasteiger partial charge in [-0.05, 0) is 56.9 Å². The zero-order chi connectivity index (χ0) is 17.8. The molecule has 1 aromatic heterocycles. The quantitative estimate of drug-likeness (QED) is 0.630. The Morgan fingerprint density at radius 1 is 1.20 bits per heavy atom. The number of carbonyl (C=O) groups is 1. The summed E-state index contributed by atoms with van der Waals surface area (Å²) in [6.45, 7) is 1.90. The fraction of sp³-hybridized carbons (Fsp3) is 0.368. The molecule has 5 nitrogen and oxygen atoms in total.